The van der Waals surface area contributed by atoms with Crippen LogP contribution in [0.25, 0.3) is 0 Å². The zero-order valence-corrected chi connectivity index (χ0v) is 11.1. The molecule has 0 unspecified atom stereocenters. The second-order valence-corrected chi connectivity index (χ2v) is 3.39. The molecule has 0 atom stereocenters. The molecule has 0 saturated heterocycles. The second-order valence-electron chi connectivity index (χ2n) is 3.39. The Balaban J connectivity index is 0.00000144. The smallest absolute Gasteiger partial charge is 0.233 e. The van der Waals surface area contributed by atoms with Crippen molar-refractivity contribution in [2.24, 2.45) is 0 Å². The average Bonchev–Trinajstić information content (AvgIpc) is 2.39. The Kier molecular flexibility index (Phi) is 5.03. The summed E-state index contributed by atoms with van der Waals surface area (Å²) in [7, 11) is 0. The summed E-state index contributed by atoms with van der Waals surface area (Å²) in [6.07, 6.45) is 0. The minimum absolute atomic E-state index is 0. The number of hydrogen-bond acceptors (Lipinski definition) is 2. The van der Waals surface area contributed by atoms with Gasteiger partial charge in [0.15, 0.2) is 0 Å². The van der Waals surface area contributed by atoms with E-state index >= 15 is 0 Å². The van der Waals surface area contributed by atoms with Crippen molar-refractivity contribution in [3.63, 3.8) is 0 Å². The van der Waals surface area contributed by atoms with E-state index in [1.165, 1.54) is 0 Å². The van der Waals surface area contributed by atoms with Gasteiger partial charge < -0.3 is 24.0 Å². The highest BCUT2D eigenvalue weighted by atomic mass is 127. The molecular weight excluding hydrogens is 327 g/mol. The molecule has 2 nitrogen and oxygen atoms in total. The molecule has 0 bridgehead atoms. The maximum Gasteiger partial charge on any atom is 0.233 e. The van der Waals surface area contributed by atoms with Gasteiger partial charge in [-0.2, -0.15) is 0 Å². The standard InChI is InChI=1S/C14H10O2.HI/c15-13(11-7-3-1-4-8-11)14(16)12-9-5-2-6-10-12;/h1-10H;1H/p-1. The number of carbonyl (C=O) groups is 2. The molecule has 0 aliphatic carbocycles. The first kappa shape index (κ1) is 13.6. The highest BCUT2D eigenvalue weighted by molar-refractivity contribution is 6.49. The summed E-state index contributed by atoms with van der Waals surface area (Å²) in [5, 5.41) is 0. The van der Waals surface area contributed by atoms with Crippen LogP contribution in [0.5, 0.6) is 0 Å². The van der Waals surface area contributed by atoms with Gasteiger partial charge in [0, 0.05) is 11.1 Å². The third kappa shape index (κ3) is 3.23. The second kappa shape index (κ2) is 6.30. The van der Waals surface area contributed by atoms with Crippen LogP contribution in [0.4, 0.5) is 0 Å². The Hall–Kier alpha value is -1.49. The van der Waals surface area contributed by atoms with Crippen molar-refractivity contribution in [2.45, 2.75) is 0 Å². The first-order chi connectivity index (χ1) is 7.79. The quantitative estimate of drug-likeness (QED) is 0.440. The SMILES string of the molecule is O=C(C(=O)c1ccccc1)c1ccccc1.[I-]. The molecule has 0 saturated carbocycles. The predicted octanol–water partition coefficient (Wildman–Crippen LogP) is -0.244. The fraction of sp³-hybridized carbons (Fsp3) is 0. The van der Waals surface area contributed by atoms with Crippen molar-refractivity contribution in [1.29, 1.82) is 0 Å². The fourth-order valence-electron chi connectivity index (χ4n) is 1.44. The molecule has 0 aliphatic rings. The van der Waals surface area contributed by atoms with Gasteiger partial charge in [-0.25, -0.2) is 0 Å². The number of Topliss-reactive ketones (excluding diaryl/α,β-unsaturated/α-hetero) is 2. The van der Waals surface area contributed by atoms with Gasteiger partial charge in [0.2, 0.25) is 11.6 Å². The lowest BCUT2D eigenvalue weighted by Gasteiger charge is -1.99. The van der Waals surface area contributed by atoms with E-state index in [2.05, 4.69) is 0 Å². The number of ketones is 2. The van der Waals surface area contributed by atoms with Crippen molar-refractivity contribution in [1.82, 2.24) is 0 Å². The van der Waals surface area contributed by atoms with Gasteiger partial charge in [0.25, 0.3) is 0 Å². The van der Waals surface area contributed by atoms with Gasteiger partial charge in [-0.15, -0.1) is 0 Å². The zero-order valence-electron chi connectivity index (χ0n) is 8.97. The first-order valence-corrected chi connectivity index (χ1v) is 4.98. The highest BCUT2D eigenvalue weighted by Crippen LogP contribution is 2.07. The first-order valence-electron chi connectivity index (χ1n) is 4.98. The molecule has 0 aromatic heterocycles. The van der Waals surface area contributed by atoms with Crippen LogP contribution in [0.3, 0.4) is 0 Å². The van der Waals surface area contributed by atoms with Crippen LogP contribution < -0.4 is 24.0 Å². The van der Waals surface area contributed by atoms with Gasteiger partial charge in [0.05, 0.1) is 0 Å². The fourth-order valence-corrected chi connectivity index (χ4v) is 1.44. The molecule has 2 aromatic rings. The molecule has 0 radical (unpaired) electrons. The monoisotopic (exact) mass is 337 g/mol. The molecule has 3 heteroatoms. The molecule has 0 spiro atoms. The van der Waals surface area contributed by atoms with Crippen LogP contribution >= 0.6 is 0 Å². The van der Waals surface area contributed by atoms with Gasteiger partial charge in [-0.3, -0.25) is 9.59 Å². The Bertz CT molecular complexity index is 457. The van der Waals surface area contributed by atoms with Gasteiger partial charge >= 0.3 is 0 Å². The van der Waals surface area contributed by atoms with E-state index in [4.69, 9.17) is 0 Å². The largest absolute Gasteiger partial charge is 1.00 e. The van der Waals surface area contributed by atoms with Crippen molar-refractivity contribution >= 4 is 11.6 Å². The van der Waals surface area contributed by atoms with Crippen molar-refractivity contribution in [3.8, 4) is 0 Å². The van der Waals surface area contributed by atoms with Crippen LogP contribution in [-0.2, 0) is 0 Å². The normalized spacial score (nSPS) is 9.18. The zero-order chi connectivity index (χ0) is 11.4. The van der Waals surface area contributed by atoms with Crippen molar-refractivity contribution < 1.29 is 33.6 Å². The minimum atomic E-state index is -0.466. The number of benzene rings is 2. The summed E-state index contributed by atoms with van der Waals surface area (Å²) in [4.78, 5) is 23.6. The van der Waals surface area contributed by atoms with E-state index < -0.39 is 11.6 Å². The van der Waals surface area contributed by atoms with E-state index in [0.717, 1.165) is 0 Å². The maximum atomic E-state index is 11.8. The molecule has 2 aromatic carbocycles. The summed E-state index contributed by atoms with van der Waals surface area (Å²) in [5.74, 6) is -0.932. The topological polar surface area (TPSA) is 34.1 Å². The molecule has 0 N–H and O–H groups in total. The summed E-state index contributed by atoms with van der Waals surface area (Å²) in [5.41, 5.74) is 0.854. The number of halogens is 1. The molecule has 0 amide bonds. The summed E-state index contributed by atoms with van der Waals surface area (Å²) in [6, 6.07) is 17.2. The van der Waals surface area contributed by atoms with Crippen LogP contribution in [-0.4, -0.2) is 11.6 Å². The van der Waals surface area contributed by atoms with Gasteiger partial charge in [0.1, 0.15) is 0 Å². The van der Waals surface area contributed by atoms with Gasteiger partial charge in [-0.1, -0.05) is 60.7 Å². The Labute approximate surface area is 117 Å². The lowest BCUT2D eigenvalue weighted by atomic mass is 10.0. The summed E-state index contributed by atoms with van der Waals surface area (Å²) >= 11 is 0. The van der Waals surface area contributed by atoms with Crippen LogP contribution in [0.15, 0.2) is 60.7 Å². The highest BCUT2D eigenvalue weighted by Gasteiger charge is 2.16. The average molecular weight is 337 g/mol. The Morgan fingerprint density at radius 1 is 0.588 bits per heavy atom. The minimum Gasteiger partial charge on any atom is -1.00 e. The summed E-state index contributed by atoms with van der Waals surface area (Å²) < 4.78 is 0. The lowest BCUT2D eigenvalue weighted by Crippen LogP contribution is -3.00. The van der Waals surface area contributed by atoms with Crippen molar-refractivity contribution in [3.05, 3.63) is 71.8 Å². The van der Waals surface area contributed by atoms with Crippen molar-refractivity contribution in [2.75, 3.05) is 0 Å². The Morgan fingerprint density at radius 2 is 0.882 bits per heavy atom. The van der Waals surface area contributed by atoms with E-state index in [1.807, 2.05) is 12.1 Å². The molecule has 2 rings (SSSR count). The van der Waals surface area contributed by atoms with E-state index in [0.29, 0.717) is 11.1 Å². The molecule has 86 valence electrons. The lowest BCUT2D eigenvalue weighted by molar-refractivity contribution is -0.0000146. The molecule has 0 fully saturated rings. The number of hydrogen-bond donors (Lipinski definition) is 0. The van der Waals surface area contributed by atoms with E-state index in [1.54, 1.807) is 48.5 Å². The predicted molar refractivity (Wildman–Crippen MR) is 61.5 cm³/mol. The third-order valence-electron chi connectivity index (χ3n) is 2.28. The molecule has 0 heterocycles. The number of carbonyl (C=O) groups excluding carboxylic acids is 2. The molecule has 0 aliphatic heterocycles. The number of rotatable bonds is 3. The van der Waals surface area contributed by atoms with E-state index in [-0.39, 0.29) is 24.0 Å². The Morgan fingerprint density at radius 3 is 1.18 bits per heavy atom. The van der Waals surface area contributed by atoms with Crippen LogP contribution in [0, 0.1) is 0 Å². The molecular formula is C14H10IO2-. The van der Waals surface area contributed by atoms with Crippen LogP contribution in [0.2, 0.25) is 0 Å². The van der Waals surface area contributed by atoms with E-state index in [9.17, 15) is 9.59 Å². The third-order valence-corrected chi connectivity index (χ3v) is 2.28. The summed E-state index contributed by atoms with van der Waals surface area (Å²) in [6.45, 7) is 0. The molecule has 17 heavy (non-hydrogen) atoms. The van der Waals surface area contributed by atoms with Gasteiger partial charge in [-0.05, 0) is 0 Å². The van der Waals surface area contributed by atoms with Crippen LogP contribution in [0.1, 0.15) is 20.7 Å². The maximum absolute atomic E-state index is 11.8.